The van der Waals surface area contributed by atoms with Crippen molar-refractivity contribution in [2.45, 2.75) is 38.6 Å². The van der Waals surface area contributed by atoms with Gasteiger partial charge in [0.05, 0.1) is 16.6 Å². The van der Waals surface area contributed by atoms with Gasteiger partial charge < -0.3 is 9.67 Å². The highest BCUT2D eigenvalue weighted by Gasteiger charge is 2.21. The average molecular weight is 342 g/mol. The third-order valence-electron chi connectivity index (χ3n) is 5.10. The predicted octanol–water partition coefficient (Wildman–Crippen LogP) is 5.27. The third kappa shape index (κ3) is 2.99. The van der Waals surface area contributed by atoms with E-state index in [-0.39, 0.29) is 5.75 Å². The summed E-state index contributed by atoms with van der Waals surface area (Å²) in [6.07, 6.45) is 5.92. The number of aromatic hydroxyl groups is 1. The summed E-state index contributed by atoms with van der Waals surface area (Å²) in [5, 5.41) is 10.2. The fourth-order valence-electron chi connectivity index (χ4n) is 3.80. The molecule has 1 aliphatic rings. The lowest BCUT2D eigenvalue weighted by atomic mass is 9.89. The van der Waals surface area contributed by atoms with E-state index in [1.54, 1.807) is 18.2 Å². The van der Waals surface area contributed by atoms with Crippen molar-refractivity contribution in [3.8, 4) is 17.1 Å². The smallest absolute Gasteiger partial charge is 0.161 e. The highest BCUT2D eigenvalue weighted by Crippen LogP contribution is 2.34. The summed E-state index contributed by atoms with van der Waals surface area (Å²) in [4.78, 5) is 4.51. The van der Waals surface area contributed by atoms with Gasteiger partial charge in [-0.3, -0.25) is 0 Å². The molecule has 1 aliphatic carbocycles. The number of hydrogen-bond donors (Lipinski definition) is 1. The SMILES string of the molecule is Oc1ccccc1-c1nc2cc(F)c(F)cc2n1CC1CCCCC1. The van der Waals surface area contributed by atoms with E-state index in [9.17, 15) is 13.9 Å². The molecule has 1 saturated carbocycles. The van der Waals surface area contributed by atoms with E-state index in [1.807, 2.05) is 10.6 Å². The average Bonchev–Trinajstić information content (AvgIpc) is 2.94. The summed E-state index contributed by atoms with van der Waals surface area (Å²) in [5.74, 6) is -0.615. The van der Waals surface area contributed by atoms with E-state index < -0.39 is 11.6 Å². The zero-order valence-electron chi connectivity index (χ0n) is 13.9. The van der Waals surface area contributed by atoms with E-state index in [0.29, 0.717) is 34.9 Å². The Labute approximate surface area is 144 Å². The standard InChI is InChI=1S/C20H20F2N2O/c21-15-10-17-18(11-16(15)22)24(12-13-6-2-1-3-7-13)20(23-17)14-8-4-5-9-19(14)25/h4-5,8-11,13,25H,1-3,6-7,12H2. The normalized spacial score (nSPS) is 15.8. The second kappa shape index (κ2) is 6.47. The largest absolute Gasteiger partial charge is 0.507 e. The van der Waals surface area contributed by atoms with Crippen molar-refractivity contribution in [3.05, 3.63) is 48.0 Å². The fraction of sp³-hybridized carbons (Fsp3) is 0.350. The Hall–Kier alpha value is -2.43. The first-order chi connectivity index (χ1) is 12.1. The summed E-state index contributed by atoms with van der Waals surface area (Å²) in [7, 11) is 0. The van der Waals surface area contributed by atoms with E-state index >= 15 is 0 Å². The van der Waals surface area contributed by atoms with Gasteiger partial charge in [0.15, 0.2) is 11.6 Å². The van der Waals surface area contributed by atoms with Gasteiger partial charge in [-0.05, 0) is 30.9 Å². The number of para-hydroxylation sites is 1. The molecule has 25 heavy (non-hydrogen) atoms. The van der Waals surface area contributed by atoms with Crippen LogP contribution in [0, 0.1) is 17.6 Å². The summed E-state index contributed by atoms with van der Waals surface area (Å²) in [6, 6.07) is 9.28. The molecule has 5 heteroatoms. The number of phenolic OH excluding ortho intramolecular Hbond substituents is 1. The molecule has 0 aliphatic heterocycles. The van der Waals surface area contributed by atoms with Crippen molar-refractivity contribution in [1.29, 1.82) is 0 Å². The zero-order valence-corrected chi connectivity index (χ0v) is 13.9. The van der Waals surface area contributed by atoms with Gasteiger partial charge in [-0.2, -0.15) is 0 Å². The molecule has 1 fully saturated rings. The van der Waals surface area contributed by atoms with Crippen LogP contribution in [-0.4, -0.2) is 14.7 Å². The quantitative estimate of drug-likeness (QED) is 0.704. The molecule has 1 N–H and O–H groups in total. The molecule has 0 spiro atoms. The van der Waals surface area contributed by atoms with Crippen LogP contribution in [0.3, 0.4) is 0 Å². The van der Waals surface area contributed by atoms with Gasteiger partial charge in [0.25, 0.3) is 0 Å². The van der Waals surface area contributed by atoms with Crippen molar-refractivity contribution in [2.75, 3.05) is 0 Å². The molecular formula is C20H20F2N2O. The van der Waals surface area contributed by atoms with Crippen LogP contribution in [0.25, 0.3) is 22.4 Å². The monoisotopic (exact) mass is 342 g/mol. The number of nitrogens with zero attached hydrogens (tertiary/aromatic N) is 2. The number of imidazole rings is 1. The van der Waals surface area contributed by atoms with E-state index in [2.05, 4.69) is 4.98 Å². The Morgan fingerprint density at radius 2 is 1.76 bits per heavy atom. The third-order valence-corrected chi connectivity index (χ3v) is 5.10. The first kappa shape index (κ1) is 16.1. The van der Waals surface area contributed by atoms with Crippen molar-refractivity contribution >= 4 is 11.0 Å². The minimum Gasteiger partial charge on any atom is -0.507 e. The Morgan fingerprint density at radius 1 is 1.04 bits per heavy atom. The molecule has 0 amide bonds. The first-order valence-electron chi connectivity index (χ1n) is 8.77. The van der Waals surface area contributed by atoms with E-state index in [1.165, 1.54) is 25.3 Å². The minimum atomic E-state index is -0.904. The highest BCUT2D eigenvalue weighted by molar-refractivity contribution is 5.82. The molecular weight excluding hydrogens is 322 g/mol. The van der Waals surface area contributed by atoms with Crippen LogP contribution >= 0.6 is 0 Å². The molecule has 3 aromatic rings. The molecule has 0 radical (unpaired) electrons. The molecule has 2 aromatic carbocycles. The molecule has 0 atom stereocenters. The number of fused-ring (bicyclic) bond motifs is 1. The maximum atomic E-state index is 13.8. The summed E-state index contributed by atoms with van der Waals surface area (Å²) in [6.45, 7) is 0.700. The van der Waals surface area contributed by atoms with E-state index in [0.717, 1.165) is 18.9 Å². The van der Waals surface area contributed by atoms with Crippen LogP contribution in [0.1, 0.15) is 32.1 Å². The Bertz CT molecular complexity index is 913. The Morgan fingerprint density at radius 3 is 2.52 bits per heavy atom. The molecule has 0 bridgehead atoms. The zero-order chi connectivity index (χ0) is 17.4. The van der Waals surface area contributed by atoms with Gasteiger partial charge in [0.2, 0.25) is 0 Å². The predicted molar refractivity (Wildman–Crippen MR) is 93.3 cm³/mol. The molecule has 1 aromatic heterocycles. The van der Waals surface area contributed by atoms with Crippen molar-refractivity contribution in [1.82, 2.24) is 9.55 Å². The topological polar surface area (TPSA) is 38.1 Å². The van der Waals surface area contributed by atoms with Crippen LogP contribution in [-0.2, 0) is 6.54 Å². The summed E-state index contributed by atoms with van der Waals surface area (Å²) in [5.41, 5.74) is 1.56. The Balaban J connectivity index is 1.88. The lowest BCUT2D eigenvalue weighted by molar-refractivity contribution is 0.323. The van der Waals surface area contributed by atoms with Gasteiger partial charge >= 0.3 is 0 Å². The lowest BCUT2D eigenvalue weighted by Crippen LogP contribution is -2.15. The number of halogens is 2. The second-order valence-corrected chi connectivity index (χ2v) is 6.82. The van der Waals surface area contributed by atoms with Crippen LogP contribution in [0.15, 0.2) is 36.4 Å². The highest BCUT2D eigenvalue weighted by atomic mass is 19.2. The first-order valence-corrected chi connectivity index (χ1v) is 8.77. The van der Waals surface area contributed by atoms with Crippen LogP contribution in [0.4, 0.5) is 8.78 Å². The van der Waals surface area contributed by atoms with Gasteiger partial charge in [0.1, 0.15) is 11.6 Å². The van der Waals surface area contributed by atoms with Crippen LogP contribution < -0.4 is 0 Å². The lowest BCUT2D eigenvalue weighted by Gasteiger charge is -2.23. The molecule has 0 unspecified atom stereocenters. The maximum Gasteiger partial charge on any atom is 0.161 e. The number of benzene rings is 2. The Kier molecular flexibility index (Phi) is 4.15. The molecule has 4 rings (SSSR count). The summed E-state index contributed by atoms with van der Waals surface area (Å²) < 4.78 is 29.4. The van der Waals surface area contributed by atoms with E-state index in [4.69, 9.17) is 0 Å². The maximum absolute atomic E-state index is 13.8. The minimum absolute atomic E-state index is 0.114. The summed E-state index contributed by atoms with van der Waals surface area (Å²) >= 11 is 0. The molecule has 0 saturated heterocycles. The molecule has 1 heterocycles. The van der Waals surface area contributed by atoms with Gasteiger partial charge in [-0.25, -0.2) is 13.8 Å². The van der Waals surface area contributed by atoms with Crippen LogP contribution in [0.2, 0.25) is 0 Å². The molecule has 130 valence electrons. The van der Waals surface area contributed by atoms with Gasteiger partial charge in [0, 0.05) is 18.7 Å². The van der Waals surface area contributed by atoms with Crippen molar-refractivity contribution in [3.63, 3.8) is 0 Å². The fourth-order valence-corrected chi connectivity index (χ4v) is 3.80. The number of phenols is 1. The van der Waals surface area contributed by atoms with Crippen molar-refractivity contribution < 1.29 is 13.9 Å². The number of rotatable bonds is 3. The van der Waals surface area contributed by atoms with Crippen LogP contribution in [0.5, 0.6) is 5.75 Å². The molecule has 3 nitrogen and oxygen atoms in total. The van der Waals surface area contributed by atoms with Gasteiger partial charge in [-0.15, -0.1) is 0 Å². The second-order valence-electron chi connectivity index (χ2n) is 6.82. The van der Waals surface area contributed by atoms with Crippen molar-refractivity contribution in [2.24, 2.45) is 5.92 Å². The number of aromatic nitrogens is 2. The van der Waals surface area contributed by atoms with Gasteiger partial charge in [-0.1, -0.05) is 31.4 Å². The number of hydrogen-bond acceptors (Lipinski definition) is 2.